The van der Waals surface area contributed by atoms with Crippen LogP contribution in [0.3, 0.4) is 0 Å². The van der Waals surface area contributed by atoms with E-state index in [2.05, 4.69) is 21.3 Å². The van der Waals surface area contributed by atoms with Crippen molar-refractivity contribution < 1.29 is 15.0 Å². The number of aliphatic hydroxyl groups is 1. The molecule has 8 heteroatoms. The van der Waals surface area contributed by atoms with Gasteiger partial charge >= 0.3 is 0 Å². The van der Waals surface area contributed by atoms with Crippen LogP contribution in [0.2, 0.25) is 0 Å². The van der Waals surface area contributed by atoms with E-state index >= 15 is 0 Å². The number of hydrazine groups is 1. The lowest BCUT2D eigenvalue weighted by Gasteiger charge is -2.38. The molecule has 2 aromatic rings. The highest BCUT2D eigenvalue weighted by Gasteiger charge is 2.38. The van der Waals surface area contributed by atoms with Gasteiger partial charge in [-0.1, -0.05) is 18.2 Å². The van der Waals surface area contributed by atoms with Crippen LogP contribution in [-0.2, 0) is 11.8 Å². The van der Waals surface area contributed by atoms with Gasteiger partial charge in [-0.2, -0.15) is 5.10 Å². The van der Waals surface area contributed by atoms with Crippen molar-refractivity contribution in [3.8, 4) is 5.75 Å². The minimum absolute atomic E-state index is 0.101. The standard InChI is InChI=1S/C19H25N5O3/c1-24-10-12(9-20-24)18(11-6-13(25)7-11)21-19(27)16-8-15(22-23-16)14-4-2-3-5-17(14)26/h2-5,9-11,13,15-16,18,22-23,25-26H,6-8H2,1H3,(H,21,27). The first kappa shape index (κ1) is 18.0. The lowest BCUT2D eigenvalue weighted by molar-refractivity contribution is -0.124. The molecule has 144 valence electrons. The molecule has 1 aliphatic heterocycles. The Bertz CT molecular complexity index is 817. The average Bonchev–Trinajstić information content (AvgIpc) is 3.27. The van der Waals surface area contributed by atoms with Crippen molar-refractivity contribution in [2.24, 2.45) is 13.0 Å². The third-order valence-electron chi connectivity index (χ3n) is 5.53. The first-order valence-electron chi connectivity index (χ1n) is 9.27. The molecule has 1 aliphatic carbocycles. The molecule has 8 nitrogen and oxygen atoms in total. The summed E-state index contributed by atoms with van der Waals surface area (Å²) < 4.78 is 1.72. The largest absolute Gasteiger partial charge is 0.508 e. The van der Waals surface area contributed by atoms with Crippen LogP contribution in [0.5, 0.6) is 5.75 Å². The zero-order valence-corrected chi connectivity index (χ0v) is 15.2. The van der Waals surface area contributed by atoms with Gasteiger partial charge in [-0.3, -0.25) is 9.48 Å². The molecule has 3 unspecified atom stereocenters. The highest BCUT2D eigenvalue weighted by Crippen LogP contribution is 2.38. The Morgan fingerprint density at radius 3 is 2.74 bits per heavy atom. The molecule has 0 spiro atoms. The molecule has 1 saturated carbocycles. The number of aromatic nitrogens is 2. The van der Waals surface area contributed by atoms with Gasteiger partial charge in [-0.15, -0.1) is 0 Å². The number of nitrogens with zero attached hydrogens (tertiary/aromatic N) is 2. The molecule has 3 atom stereocenters. The number of benzene rings is 1. The second kappa shape index (κ2) is 7.30. The third-order valence-corrected chi connectivity index (χ3v) is 5.53. The summed E-state index contributed by atoms with van der Waals surface area (Å²) in [5.74, 6) is 0.321. The van der Waals surface area contributed by atoms with E-state index in [4.69, 9.17) is 0 Å². The predicted octanol–water partition coefficient (Wildman–Crippen LogP) is 0.662. The van der Waals surface area contributed by atoms with Crippen LogP contribution < -0.4 is 16.2 Å². The van der Waals surface area contributed by atoms with Crippen molar-refractivity contribution in [3.05, 3.63) is 47.8 Å². The van der Waals surface area contributed by atoms with Crippen LogP contribution in [-0.4, -0.2) is 38.0 Å². The van der Waals surface area contributed by atoms with Gasteiger partial charge in [-0.25, -0.2) is 10.9 Å². The van der Waals surface area contributed by atoms with E-state index in [1.54, 1.807) is 23.0 Å². The fourth-order valence-electron chi connectivity index (χ4n) is 3.94. The number of hydrogen-bond acceptors (Lipinski definition) is 6. The van der Waals surface area contributed by atoms with Crippen LogP contribution in [0.4, 0.5) is 0 Å². The number of carbonyl (C=O) groups is 1. The lowest BCUT2D eigenvalue weighted by Crippen LogP contribution is -2.48. The van der Waals surface area contributed by atoms with Gasteiger partial charge < -0.3 is 15.5 Å². The molecule has 1 saturated heterocycles. The van der Waals surface area contributed by atoms with Crippen molar-refractivity contribution in [1.82, 2.24) is 25.9 Å². The second-order valence-electron chi connectivity index (χ2n) is 7.51. The molecule has 2 fully saturated rings. The summed E-state index contributed by atoms with van der Waals surface area (Å²) in [4.78, 5) is 12.9. The molecule has 27 heavy (non-hydrogen) atoms. The number of phenolic OH excluding ortho intramolecular Hbond substituents is 1. The Balaban J connectivity index is 1.43. The van der Waals surface area contributed by atoms with Crippen LogP contribution in [0.15, 0.2) is 36.7 Å². The number of para-hydroxylation sites is 1. The van der Waals surface area contributed by atoms with Gasteiger partial charge in [0.2, 0.25) is 5.91 Å². The number of rotatable bonds is 5. The number of aliphatic hydroxyl groups excluding tert-OH is 1. The average molecular weight is 371 g/mol. The van der Waals surface area contributed by atoms with Crippen LogP contribution in [0.1, 0.15) is 42.5 Å². The first-order valence-corrected chi connectivity index (χ1v) is 9.27. The van der Waals surface area contributed by atoms with Crippen molar-refractivity contribution >= 4 is 5.91 Å². The smallest absolute Gasteiger partial charge is 0.239 e. The van der Waals surface area contributed by atoms with Crippen molar-refractivity contribution in [2.75, 3.05) is 0 Å². The summed E-state index contributed by atoms with van der Waals surface area (Å²) in [5.41, 5.74) is 7.85. The fraction of sp³-hybridized carbons (Fsp3) is 0.474. The minimum Gasteiger partial charge on any atom is -0.508 e. The number of nitrogens with one attached hydrogen (secondary N) is 3. The van der Waals surface area contributed by atoms with Crippen molar-refractivity contribution in [3.63, 3.8) is 0 Å². The number of hydrogen-bond donors (Lipinski definition) is 5. The summed E-state index contributed by atoms with van der Waals surface area (Å²) in [7, 11) is 1.84. The van der Waals surface area contributed by atoms with E-state index in [0.29, 0.717) is 19.3 Å². The lowest BCUT2D eigenvalue weighted by atomic mass is 9.75. The second-order valence-corrected chi connectivity index (χ2v) is 7.51. The summed E-state index contributed by atoms with van der Waals surface area (Å²) in [6.07, 6.45) is 5.27. The van der Waals surface area contributed by atoms with E-state index < -0.39 is 6.04 Å². The van der Waals surface area contributed by atoms with Crippen LogP contribution in [0.25, 0.3) is 0 Å². The van der Waals surface area contributed by atoms with Crippen LogP contribution in [0, 0.1) is 5.92 Å². The van der Waals surface area contributed by atoms with E-state index in [-0.39, 0.29) is 35.8 Å². The Hall–Kier alpha value is -2.42. The molecule has 2 aliphatic rings. The molecule has 0 bridgehead atoms. The summed E-state index contributed by atoms with van der Waals surface area (Å²) in [5, 5.41) is 27.0. The zero-order chi connectivity index (χ0) is 19.0. The third kappa shape index (κ3) is 3.69. The summed E-state index contributed by atoms with van der Waals surface area (Å²) >= 11 is 0. The quantitative estimate of drug-likeness (QED) is 0.528. The first-order chi connectivity index (χ1) is 13.0. The normalized spacial score (nSPS) is 28.5. The predicted molar refractivity (Wildman–Crippen MR) is 98.3 cm³/mol. The van der Waals surface area contributed by atoms with Gasteiger partial charge in [0, 0.05) is 24.4 Å². The number of phenols is 1. The minimum atomic E-state index is -0.404. The Morgan fingerprint density at radius 1 is 1.30 bits per heavy atom. The molecular formula is C19H25N5O3. The van der Waals surface area contributed by atoms with Crippen LogP contribution >= 0.6 is 0 Å². The molecule has 1 amide bonds. The topological polar surface area (TPSA) is 111 Å². The van der Waals surface area contributed by atoms with E-state index in [0.717, 1.165) is 11.1 Å². The summed E-state index contributed by atoms with van der Waals surface area (Å²) in [6, 6.07) is 6.43. The Labute approximate surface area is 157 Å². The maximum Gasteiger partial charge on any atom is 0.239 e. The Kier molecular flexibility index (Phi) is 4.86. The number of carbonyl (C=O) groups excluding carboxylic acids is 1. The monoisotopic (exact) mass is 371 g/mol. The highest BCUT2D eigenvalue weighted by molar-refractivity contribution is 5.82. The molecule has 1 aromatic carbocycles. The molecule has 0 radical (unpaired) electrons. The van der Waals surface area contributed by atoms with Gasteiger partial charge in [0.05, 0.1) is 24.4 Å². The van der Waals surface area contributed by atoms with E-state index in [1.807, 2.05) is 25.4 Å². The maximum atomic E-state index is 12.9. The molecular weight excluding hydrogens is 346 g/mol. The molecule has 5 N–H and O–H groups in total. The molecule has 1 aromatic heterocycles. The Morgan fingerprint density at radius 2 is 2.07 bits per heavy atom. The molecule has 2 heterocycles. The van der Waals surface area contributed by atoms with Crippen molar-refractivity contribution in [2.45, 2.75) is 43.5 Å². The van der Waals surface area contributed by atoms with E-state index in [9.17, 15) is 15.0 Å². The van der Waals surface area contributed by atoms with E-state index in [1.165, 1.54) is 0 Å². The SMILES string of the molecule is Cn1cc(C(NC(=O)C2CC(c3ccccc3O)NN2)C2CC(O)C2)cn1. The summed E-state index contributed by atoms with van der Waals surface area (Å²) in [6.45, 7) is 0. The molecule has 4 rings (SSSR count). The zero-order valence-electron chi connectivity index (χ0n) is 15.2. The van der Waals surface area contributed by atoms with Gasteiger partial charge in [0.25, 0.3) is 0 Å². The maximum absolute atomic E-state index is 12.9. The number of amides is 1. The number of aromatic hydroxyl groups is 1. The number of aryl methyl sites for hydroxylation is 1. The highest BCUT2D eigenvalue weighted by atomic mass is 16.3. The van der Waals surface area contributed by atoms with Crippen molar-refractivity contribution in [1.29, 1.82) is 0 Å². The van der Waals surface area contributed by atoms with Gasteiger partial charge in [0.15, 0.2) is 0 Å². The fourth-order valence-corrected chi connectivity index (χ4v) is 3.94. The van der Waals surface area contributed by atoms with Gasteiger partial charge in [0.1, 0.15) is 11.8 Å². The van der Waals surface area contributed by atoms with Gasteiger partial charge in [-0.05, 0) is 31.2 Å².